The van der Waals surface area contributed by atoms with Gasteiger partial charge in [-0.1, -0.05) is 6.92 Å². The number of hydrogen-bond acceptors (Lipinski definition) is 3. The van der Waals surface area contributed by atoms with Crippen LogP contribution < -0.4 is 5.73 Å². The minimum atomic E-state index is 0.579. The summed E-state index contributed by atoms with van der Waals surface area (Å²) >= 11 is 0. The smallest absolute Gasteiger partial charge is 0.122 e. The second-order valence-electron chi connectivity index (χ2n) is 4.20. The third kappa shape index (κ3) is 1.99. The van der Waals surface area contributed by atoms with E-state index in [1.165, 1.54) is 19.5 Å². The van der Waals surface area contributed by atoms with Crippen LogP contribution in [0, 0.1) is 5.92 Å². The number of furan rings is 1. The lowest BCUT2D eigenvalue weighted by molar-refractivity contribution is 0.287. The van der Waals surface area contributed by atoms with E-state index in [1.54, 1.807) is 6.26 Å². The summed E-state index contributed by atoms with van der Waals surface area (Å²) < 4.78 is 5.43. The normalized spacial score (nSPS) is 23.1. The average Bonchev–Trinajstić information content (AvgIpc) is 2.76. The van der Waals surface area contributed by atoms with E-state index in [2.05, 4.69) is 11.8 Å². The largest absolute Gasteiger partial charge is 0.468 e. The summed E-state index contributed by atoms with van der Waals surface area (Å²) in [4.78, 5) is 2.43. The van der Waals surface area contributed by atoms with Crippen LogP contribution in [0.1, 0.15) is 24.7 Å². The number of nitrogens with zero attached hydrogens (tertiary/aromatic N) is 1. The van der Waals surface area contributed by atoms with Crippen molar-refractivity contribution in [2.45, 2.75) is 26.4 Å². The maximum atomic E-state index is 5.62. The SMILES string of the molecule is CC1CCN(Cc2occc2CN)C1. The predicted octanol–water partition coefficient (Wildman–Crippen LogP) is 1.58. The minimum Gasteiger partial charge on any atom is -0.468 e. The van der Waals surface area contributed by atoms with E-state index >= 15 is 0 Å². The van der Waals surface area contributed by atoms with Gasteiger partial charge in [0.1, 0.15) is 5.76 Å². The van der Waals surface area contributed by atoms with E-state index < -0.39 is 0 Å². The van der Waals surface area contributed by atoms with Crippen molar-refractivity contribution in [2.24, 2.45) is 11.7 Å². The monoisotopic (exact) mass is 194 g/mol. The Hall–Kier alpha value is -0.800. The molecule has 2 N–H and O–H groups in total. The fourth-order valence-electron chi connectivity index (χ4n) is 2.06. The molecule has 1 saturated heterocycles. The van der Waals surface area contributed by atoms with Crippen molar-refractivity contribution in [3.05, 3.63) is 23.7 Å². The van der Waals surface area contributed by atoms with Gasteiger partial charge in [0, 0.05) is 18.7 Å². The first-order chi connectivity index (χ1) is 6.79. The van der Waals surface area contributed by atoms with Crippen LogP contribution in [-0.2, 0) is 13.1 Å². The van der Waals surface area contributed by atoms with Crippen LogP contribution in [0.3, 0.4) is 0 Å². The fourth-order valence-corrected chi connectivity index (χ4v) is 2.06. The maximum absolute atomic E-state index is 5.62. The zero-order chi connectivity index (χ0) is 9.97. The van der Waals surface area contributed by atoms with Crippen LogP contribution in [0.5, 0.6) is 0 Å². The van der Waals surface area contributed by atoms with Gasteiger partial charge < -0.3 is 10.2 Å². The Morgan fingerprint density at radius 2 is 2.50 bits per heavy atom. The highest BCUT2D eigenvalue weighted by Gasteiger charge is 2.20. The molecule has 1 unspecified atom stereocenters. The molecule has 0 spiro atoms. The lowest BCUT2D eigenvalue weighted by Gasteiger charge is -2.13. The molecule has 3 heteroatoms. The number of likely N-dealkylation sites (tertiary alicyclic amines) is 1. The van der Waals surface area contributed by atoms with E-state index in [4.69, 9.17) is 10.2 Å². The molecule has 0 aliphatic carbocycles. The zero-order valence-electron chi connectivity index (χ0n) is 8.70. The highest BCUT2D eigenvalue weighted by Crippen LogP contribution is 2.19. The zero-order valence-corrected chi connectivity index (χ0v) is 8.70. The van der Waals surface area contributed by atoms with Crippen molar-refractivity contribution in [3.8, 4) is 0 Å². The van der Waals surface area contributed by atoms with Crippen LogP contribution in [0.2, 0.25) is 0 Å². The Balaban J connectivity index is 1.97. The van der Waals surface area contributed by atoms with E-state index in [1.807, 2.05) is 6.07 Å². The maximum Gasteiger partial charge on any atom is 0.122 e. The molecule has 1 aliphatic heterocycles. The summed E-state index contributed by atoms with van der Waals surface area (Å²) in [6.45, 7) is 6.17. The van der Waals surface area contributed by atoms with Crippen molar-refractivity contribution in [1.29, 1.82) is 0 Å². The van der Waals surface area contributed by atoms with Gasteiger partial charge in [-0.2, -0.15) is 0 Å². The minimum absolute atomic E-state index is 0.579. The molecule has 78 valence electrons. The van der Waals surface area contributed by atoms with Gasteiger partial charge in [0.2, 0.25) is 0 Å². The van der Waals surface area contributed by atoms with Gasteiger partial charge in [0.15, 0.2) is 0 Å². The van der Waals surface area contributed by atoms with Crippen molar-refractivity contribution in [1.82, 2.24) is 4.90 Å². The molecule has 14 heavy (non-hydrogen) atoms. The third-order valence-electron chi connectivity index (χ3n) is 2.93. The molecule has 3 nitrogen and oxygen atoms in total. The van der Waals surface area contributed by atoms with Crippen LogP contribution in [0.4, 0.5) is 0 Å². The number of hydrogen-bond donors (Lipinski definition) is 1. The molecule has 0 aromatic carbocycles. The van der Waals surface area contributed by atoms with Gasteiger partial charge in [-0.25, -0.2) is 0 Å². The Morgan fingerprint density at radius 1 is 1.64 bits per heavy atom. The highest BCUT2D eigenvalue weighted by atomic mass is 16.3. The van der Waals surface area contributed by atoms with E-state index in [9.17, 15) is 0 Å². The van der Waals surface area contributed by atoms with Gasteiger partial charge in [-0.3, -0.25) is 4.90 Å². The Bertz CT molecular complexity index is 295. The molecular weight excluding hydrogens is 176 g/mol. The Morgan fingerprint density at radius 3 is 3.14 bits per heavy atom. The van der Waals surface area contributed by atoms with Gasteiger partial charge in [-0.15, -0.1) is 0 Å². The number of rotatable bonds is 3. The van der Waals surface area contributed by atoms with Gasteiger partial charge in [0.25, 0.3) is 0 Å². The summed E-state index contributed by atoms with van der Waals surface area (Å²) in [5.41, 5.74) is 6.76. The number of nitrogens with two attached hydrogens (primary N) is 1. The summed E-state index contributed by atoms with van der Waals surface area (Å²) in [5, 5.41) is 0. The van der Waals surface area contributed by atoms with Gasteiger partial charge in [0.05, 0.1) is 12.8 Å². The molecule has 0 bridgehead atoms. The van der Waals surface area contributed by atoms with Crippen molar-refractivity contribution >= 4 is 0 Å². The third-order valence-corrected chi connectivity index (χ3v) is 2.93. The predicted molar refractivity (Wildman–Crippen MR) is 55.7 cm³/mol. The Kier molecular flexibility index (Phi) is 2.89. The van der Waals surface area contributed by atoms with Crippen LogP contribution in [0.25, 0.3) is 0 Å². The second-order valence-corrected chi connectivity index (χ2v) is 4.20. The van der Waals surface area contributed by atoms with Crippen LogP contribution >= 0.6 is 0 Å². The molecule has 1 aromatic heterocycles. The molecular formula is C11H18N2O. The first-order valence-corrected chi connectivity index (χ1v) is 5.27. The molecule has 2 rings (SSSR count). The summed E-state index contributed by atoms with van der Waals surface area (Å²) in [6.07, 6.45) is 3.04. The van der Waals surface area contributed by atoms with Crippen LogP contribution in [0.15, 0.2) is 16.7 Å². The molecule has 0 radical (unpaired) electrons. The second kappa shape index (κ2) is 4.15. The summed E-state index contributed by atoms with van der Waals surface area (Å²) in [6, 6.07) is 1.97. The standard InChI is InChI=1S/C11H18N2O/c1-9-2-4-13(7-9)8-11-10(6-12)3-5-14-11/h3,5,9H,2,4,6-8,12H2,1H3. The Labute approximate surface area is 84.9 Å². The molecule has 0 saturated carbocycles. The van der Waals surface area contributed by atoms with E-state index in [0.29, 0.717) is 6.54 Å². The summed E-state index contributed by atoms with van der Waals surface area (Å²) in [5.74, 6) is 1.87. The van der Waals surface area contributed by atoms with Crippen LogP contribution in [-0.4, -0.2) is 18.0 Å². The van der Waals surface area contributed by atoms with E-state index in [0.717, 1.165) is 23.8 Å². The molecule has 1 aromatic rings. The molecule has 1 fully saturated rings. The molecule has 0 amide bonds. The summed E-state index contributed by atoms with van der Waals surface area (Å²) in [7, 11) is 0. The molecule has 1 atom stereocenters. The van der Waals surface area contributed by atoms with Crippen molar-refractivity contribution in [2.75, 3.05) is 13.1 Å². The van der Waals surface area contributed by atoms with Gasteiger partial charge >= 0.3 is 0 Å². The average molecular weight is 194 g/mol. The van der Waals surface area contributed by atoms with Gasteiger partial charge in [-0.05, 0) is 24.9 Å². The topological polar surface area (TPSA) is 42.4 Å². The lowest BCUT2D eigenvalue weighted by atomic mass is 10.2. The quantitative estimate of drug-likeness (QED) is 0.794. The lowest BCUT2D eigenvalue weighted by Crippen LogP contribution is -2.20. The van der Waals surface area contributed by atoms with Crippen molar-refractivity contribution < 1.29 is 4.42 Å². The highest BCUT2D eigenvalue weighted by molar-refractivity contribution is 5.16. The first kappa shape index (κ1) is 9.74. The molecule has 2 heterocycles. The molecule has 1 aliphatic rings. The van der Waals surface area contributed by atoms with E-state index in [-0.39, 0.29) is 0 Å². The van der Waals surface area contributed by atoms with Crippen molar-refractivity contribution in [3.63, 3.8) is 0 Å². The first-order valence-electron chi connectivity index (χ1n) is 5.27. The fraction of sp³-hybridized carbons (Fsp3) is 0.636.